The number of alkyl halides is 3. The van der Waals surface area contributed by atoms with Crippen LogP contribution in [-0.2, 0) is 6.18 Å². The lowest BCUT2D eigenvalue weighted by molar-refractivity contribution is -0.141. The first-order chi connectivity index (χ1) is 9.80. The Morgan fingerprint density at radius 1 is 1.14 bits per heavy atom. The molecule has 0 amide bonds. The van der Waals surface area contributed by atoms with E-state index in [1.165, 1.54) is 0 Å². The van der Waals surface area contributed by atoms with E-state index in [0.29, 0.717) is 13.0 Å². The van der Waals surface area contributed by atoms with E-state index in [2.05, 4.69) is 20.6 Å². The molecule has 6 nitrogen and oxygen atoms in total. The molecule has 0 fully saturated rings. The summed E-state index contributed by atoms with van der Waals surface area (Å²) in [6.45, 7) is 2.87. The number of aliphatic hydroxyl groups is 2. The highest BCUT2D eigenvalue weighted by Gasteiger charge is 2.35. The van der Waals surface area contributed by atoms with E-state index in [1.807, 2.05) is 0 Å². The molecule has 0 aliphatic heterocycles. The number of nitrogens with one attached hydrogen (secondary N) is 2. The molecule has 0 saturated carbocycles. The van der Waals surface area contributed by atoms with Crippen molar-refractivity contribution in [1.29, 1.82) is 0 Å². The maximum absolute atomic E-state index is 12.8. The van der Waals surface area contributed by atoms with Crippen molar-refractivity contribution < 1.29 is 23.4 Å². The topological polar surface area (TPSA) is 90.3 Å². The fraction of sp³-hybridized carbons (Fsp3) is 0.667. The molecular weight excluding hydrogens is 289 g/mol. The van der Waals surface area contributed by atoms with Crippen LogP contribution in [0.1, 0.15) is 26.0 Å². The molecule has 1 aromatic rings. The predicted molar refractivity (Wildman–Crippen MR) is 72.0 cm³/mol. The van der Waals surface area contributed by atoms with Crippen molar-refractivity contribution in [1.82, 2.24) is 9.97 Å². The zero-order valence-corrected chi connectivity index (χ0v) is 11.8. The highest BCUT2D eigenvalue weighted by molar-refractivity contribution is 5.45. The van der Waals surface area contributed by atoms with Gasteiger partial charge < -0.3 is 20.8 Å². The molecule has 120 valence electrons. The lowest BCUT2D eigenvalue weighted by Crippen LogP contribution is -2.45. The highest BCUT2D eigenvalue weighted by atomic mass is 19.4. The molecule has 1 aromatic heterocycles. The minimum absolute atomic E-state index is 0.113. The second-order valence-corrected chi connectivity index (χ2v) is 4.57. The van der Waals surface area contributed by atoms with Gasteiger partial charge in [0, 0.05) is 12.6 Å². The van der Waals surface area contributed by atoms with Crippen LogP contribution in [0.2, 0.25) is 0 Å². The lowest BCUT2D eigenvalue weighted by Gasteiger charge is -2.30. The monoisotopic (exact) mass is 308 g/mol. The van der Waals surface area contributed by atoms with Gasteiger partial charge in [0.25, 0.3) is 0 Å². The van der Waals surface area contributed by atoms with E-state index in [9.17, 15) is 23.4 Å². The van der Waals surface area contributed by atoms with Crippen molar-refractivity contribution in [3.8, 4) is 0 Å². The molecule has 1 rings (SSSR count). The molecule has 9 heteroatoms. The second-order valence-electron chi connectivity index (χ2n) is 4.57. The largest absolute Gasteiger partial charge is 0.433 e. The summed E-state index contributed by atoms with van der Waals surface area (Å²) in [7, 11) is 0. The minimum atomic E-state index is -4.61. The van der Waals surface area contributed by atoms with Crippen molar-refractivity contribution in [2.45, 2.75) is 32.0 Å². The number of nitrogens with zero attached hydrogens (tertiary/aromatic N) is 2. The standard InChI is InChI=1S/C12H19F3N4O2/c1-3-11(6-20,7-21)19-9-5-8(12(13,14)15)17-10(18-9)16-4-2/h5,20-21H,3-4,6-7H2,1-2H3,(H2,16,17,18,19). The third kappa shape index (κ3) is 4.43. The molecular formula is C12H19F3N4O2. The summed E-state index contributed by atoms with van der Waals surface area (Å²) in [6, 6.07) is 0.747. The average Bonchev–Trinajstić information content (AvgIpc) is 2.44. The lowest BCUT2D eigenvalue weighted by atomic mass is 9.98. The molecule has 1 heterocycles. The van der Waals surface area contributed by atoms with Gasteiger partial charge in [0.2, 0.25) is 5.95 Å². The van der Waals surface area contributed by atoms with Crippen molar-refractivity contribution >= 4 is 11.8 Å². The first kappa shape index (κ1) is 17.4. The predicted octanol–water partition coefficient (Wildman–Crippen LogP) is 1.47. The molecule has 21 heavy (non-hydrogen) atoms. The molecule has 0 atom stereocenters. The van der Waals surface area contributed by atoms with Crippen LogP contribution in [-0.4, -0.2) is 45.5 Å². The zero-order chi connectivity index (χ0) is 16.1. The summed E-state index contributed by atoms with van der Waals surface area (Å²) in [5.74, 6) is -0.283. The van der Waals surface area contributed by atoms with Crippen LogP contribution < -0.4 is 10.6 Å². The Balaban J connectivity index is 3.19. The van der Waals surface area contributed by atoms with E-state index >= 15 is 0 Å². The average molecular weight is 308 g/mol. The maximum atomic E-state index is 12.8. The van der Waals surface area contributed by atoms with Crippen molar-refractivity contribution in [2.24, 2.45) is 0 Å². The summed E-state index contributed by atoms with van der Waals surface area (Å²) in [6.07, 6.45) is -4.31. The van der Waals surface area contributed by atoms with Crippen LogP contribution in [0.25, 0.3) is 0 Å². The van der Waals surface area contributed by atoms with Crippen LogP contribution in [0.5, 0.6) is 0 Å². The quantitative estimate of drug-likeness (QED) is 0.610. The van der Waals surface area contributed by atoms with Gasteiger partial charge in [-0.25, -0.2) is 4.98 Å². The molecule has 0 saturated heterocycles. The van der Waals surface area contributed by atoms with Gasteiger partial charge in [-0.05, 0) is 13.3 Å². The Labute approximate surface area is 120 Å². The Kier molecular flexibility index (Phi) is 5.73. The number of hydrogen-bond acceptors (Lipinski definition) is 6. The summed E-state index contributed by atoms with van der Waals surface area (Å²) in [5.41, 5.74) is -2.24. The number of rotatable bonds is 7. The Morgan fingerprint density at radius 2 is 1.76 bits per heavy atom. The van der Waals surface area contributed by atoms with Crippen LogP contribution in [0, 0.1) is 0 Å². The van der Waals surface area contributed by atoms with Crippen molar-refractivity contribution in [3.63, 3.8) is 0 Å². The Hall–Kier alpha value is -1.61. The molecule has 0 aromatic carbocycles. The van der Waals surface area contributed by atoms with E-state index in [1.54, 1.807) is 13.8 Å². The molecule has 0 aliphatic rings. The summed E-state index contributed by atoms with van der Waals surface area (Å²) < 4.78 is 38.5. The van der Waals surface area contributed by atoms with Crippen LogP contribution in [0.4, 0.5) is 24.9 Å². The van der Waals surface area contributed by atoms with Gasteiger partial charge in [-0.2, -0.15) is 18.2 Å². The maximum Gasteiger partial charge on any atom is 0.433 e. The smallest absolute Gasteiger partial charge is 0.394 e. The molecule has 0 radical (unpaired) electrons. The highest BCUT2D eigenvalue weighted by Crippen LogP contribution is 2.30. The third-order valence-corrected chi connectivity index (χ3v) is 3.03. The first-order valence-electron chi connectivity index (χ1n) is 6.50. The molecule has 0 bridgehead atoms. The van der Waals surface area contributed by atoms with Crippen LogP contribution in [0.3, 0.4) is 0 Å². The Bertz CT molecular complexity index is 456. The third-order valence-electron chi connectivity index (χ3n) is 3.03. The number of aromatic nitrogens is 2. The van der Waals surface area contributed by atoms with E-state index < -0.39 is 30.6 Å². The van der Waals surface area contributed by atoms with E-state index in [0.717, 1.165) is 6.07 Å². The van der Waals surface area contributed by atoms with Crippen molar-refractivity contribution in [3.05, 3.63) is 11.8 Å². The van der Waals surface area contributed by atoms with E-state index in [4.69, 9.17) is 0 Å². The van der Waals surface area contributed by atoms with Gasteiger partial charge in [0.05, 0.1) is 18.8 Å². The molecule has 0 unspecified atom stereocenters. The molecule has 0 spiro atoms. The van der Waals surface area contributed by atoms with Gasteiger partial charge >= 0.3 is 6.18 Å². The fourth-order valence-electron chi connectivity index (χ4n) is 1.61. The van der Waals surface area contributed by atoms with Gasteiger partial charge in [-0.3, -0.25) is 0 Å². The Morgan fingerprint density at radius 3 is 2.19 bits per heavy atom. The summed E-state index contributed by atoms with van der Waals surface area (Å²) in [5, 5.41) is 23.9. The summed E-state index contributed by atoms with van der Waals surface area (Å²) in [4.78, 5) is 7.30. The number of anilines is 2. The fourth-order valence-corrected chi connectivity index (χ4v) is 1.61. The van der Waals surface area contributed by atoms with Gasteiger partial charge in [-0.15, -0.1) is 0 Å². The van der Waals surface area contributed by atoms with E-state index in [-0.39, 0.29) is 11.8 Å². The summed E-state index contributed by atoms with van der Waals surface area (Å²) >= 11 is 0. The normalized spacial score (nSPS) is 12.3. The number of aliphatic hydroxyl groups excluding tert-OH is 2. The molecule has 0 aliphatic carbocycles. The van der Waals surface area contributed by atoms with Crippen LogP contribution >= 0.6 is 0 Å². The first-order valence-corrected chi connectivity index (χ1v) is 6.50. The zero-order valence-electron chi connectivity index (χ0n) is 11.8. The van der Waals surface area contributed by atoms with Gasteiger partial charge in [-0.1, -0.05) is 6.92 Å². The number of halogens is 3. The molecule has 4 N–H and O–H groups in total. The van der Waals surface area contributed by atoms with Crippen molar-refractivity contribution in [2.75, 3.05) is 30.4 Å². The minimum Gasteiger partial charge on any atom is -0.394 e. The van der Waals surface area contributed by atoms with Gasteiger partial charge in [0.1, 0.15) is 5.82 Å². The van der Waals surface area contributed by atoms with Crippen LogP contribution in [0.15, 0.2) is 6.07 Å². The second kappa shape index (κ2) is 6.90. The number of hydrogen-bond donors (Lipinski definition) is 4. The SMILES string of the molecule is CCNc1nc(NC(CC)(CO)CO)cc(C(F)(F)F)n1. The van der Waals surface area contributed by atoms with Gasteiger partial charge in [0.15, 0.2) is 5.69 Å².